The number of nitrogens with zero attached hydrogens (tertiary/aromatic N) is 1. The lowest BCUT2D eigenvalue weighted by molar-refractivity contribution is -0.332. The maximum absolute atomic E-state index is 13.7. The molecule has 1 heterocycles. The number of likely N-dealkylation sites (N-methyl/N-ethyl adjacent to an activating group) is 1. The summed E-state index contributed by atoms with van der Waals surface area (Å²) in [5.74, 6) is 1.21. The largest absolute Gasteiger partial charge is 0.382 e. The van der Waals surface area contributed by atoms with Crippen LogP contribution in [0.25, 0.3) is 0 Å². The van der Waals surface area contributed by atoms with Gasteiger partial charge in [0.25, 0.3) is 0 Å². The van der Waals surface area contributed by atoms with Gasteiger partial charge in [-0.15, -0.1) is 0 Å². The quantitative estimate of drug-likeness (QED) is 0.754. The zero-order valence-electron chi connectivity index (χ0n) is 17.9. The van der Waals surface area contributed by atoms with E-state index in [0.29, 0.717) is 18.4 Å². The summed E-state index contributed by atoms with van der Waals surface area (Å²) in [6, 6.07) is -0.156. The third-order valence-corrected chi connectivity index (χ3v) is 9.71. The summed E-state index contributed by atoms with van der Waals surface area (Å²) < 4.78 is 12.3. The average molecular weight is 390 g/mol. The van der Waals surface area contributed by atoms with E-state index in [4.69, 9.17) is 9.47 Å². The standard InChI is InChI=1S/C23H35NO4/c1-7-24-18-13(3)23(26)15-11-12(2)10-14(15)22(18)16(27-5)8-9-21(4,20(24)25)17(22)19(23)28-6/h12,14-19,26H,3,7-11H2,1-2,4-6H3/t12-,14+,15-,16-,17+,18+,19-,21+,22-,23+/m0/s1. The van der Waals surface area contributed by atoms with E-state index in [1.165, 1.54) is 0 Å². The van der Waals surface area contributed by atoms with Crippen molar-refractivity contribution < 1.29 is 19.4 Å². The van der Waals surface area contributed by atoms with Crippen LogP contribution in [0.15, 0.2) is 12.2 Å². The Morgan fingerprint density at radius 1 is 1.25 bits per heavy atom. The highest BCUT2D eigenvalue weighted by atomic mass is 16.5. The molecule has 6 fully saturated rings. The van der Waals surface area contributed by atoms with Gasteiger partial charge >= 0.3 is 0 Å². The van der Waals surface area contributed by atoms with Gasteiger partial charge in [-0.05, 0) is 55.9 Å². The summed E-state index contributed by atoms with van der Waals surface area (Å²) in [6.45, 7) is 11.6. The smallest absolute Gasteiger partial charge is 0.229 e. The molecule has 5 aliphatic carbocycles. The van der Waals surface area contributed by atoms with Crippen LogP contribution in [0.2, 0.25) is 0 Å². The van der Waals surface area contributed by atoms with Crippen LogP contribution in [0.3, 0.4) is 0 Å². The van der Waals surface area contributed by atoms with Gasteiger partial charge in [0.2, 0.25) is 5.91 Å². The van der Waals surface area contributed by atoms with Crippen molar-refractivity contribution in [2.24, 2.45) is 34.5 Å². The number of piperidine rings is 1. The molecule has 6 aliphatic rings. The number of aliphatic hydroxyl groups is 1. The molecule has 28 heavy (non-hydrogen) atoms. The molecule has 5 saturated carbocycles. The molecule has 0 aromatic carbocycles. The average Bonchev–Trinajstić information content (AvgIpc) is 3.08. The summed E-state index contributed by atoms with van der Waals surface area (Å²) >= 11 is 0. The van der Waals surface area contributed by atoms with E-state index in [0.717, 1.165) is 31.3 Å². The molecule has 0 aromatic heterocycles. The second-order valence-corrected chi connectivity index (χ2v) is 10.4. The first-order valence-electron chi connectivity index (χ1n) is 11.0. The zero-order valence-corrected chi connectivity index (χ0v) is 17.9. The maximum Gasteiger partial charge on any atom is 0.229 e. The van der Waals surface area contributed by atoms with Gasteiger partial charge in [0.15, 0.2) is 0 Å². The summed E-state index contributed by atoms with van der Waals surface area (Å²) in [7, 11) is 3.52. The molecule has 1 N–H and O–H groups in total. The maximum atomic E-state index is 13.7. The molecule has 6 rings (SSSR count). The second-order valence-electron chi connectivity index (χ2n) is 10.4. The van der Waals surface area contributed by atoms with E-state index in [1.54, 1.807) is 7.11 Å². The van der Waals surface area contributed by atoms with Crippen LogP contribution in [0.5, 0.6) is 0 Å². The van der Waals surface area contributed by atoms with Crippen LogP contribution in [0, 0.1) is 34.5 Å². The van der Waals surface area contributed by atoms with E-state index in [-0.39, 0.29) is 35.3 Å². The second kappa shape index (κ2) is 5.61. The monoisotopic (exact) mass is 389 g/mol. The minimum atomic E-state index is -1.06. The van der Waals surface area contributed by atoms with E-state index in [9.17, 15) is 9.90 Å². The summed E-state index contributed by atoms with van der Waals surface area (Å²) in [5, 5.41) is 12.3. The number of hydrogen-bond acceptors (Lipinski definition) is 4. The number of rotatable bonds is 3. The first-order valence-corrected chi connectivity index (χ1v) is 11.0. The van der Waals surface area contributed by atoms with E-state index < -0.39 is 17.1 Å². The van der Waals surface area contributed by atoms with Gasteiger partial charge in [0.05, 0.1) is 23.7 Å². The SMILES string of the molecule is C=C1[C@H]2N(CC)C(=O)[C@]3(C)CC[C@H](OC)[C@]24[C@@H]2C[C@H](C)C[C@@H]2[C@@]1(O)[C@@H](OC)[C@@H]43. The molecule has 5 bridgehead atoms. The Kier molecular flexibility index (Phi) is 3.82. The van der Waals surface area contributed by atoms with Crippen molar-refractivity contribution in [1.82, 2.24) is 4.90 Å². The highest BCUT2D eigenvalue weighted by Crippen LogP contribution is 2.77. The third kappa shape index (κ3) is 1.68. The Morgan fingerprint density at radius 3 is 2.54 bits per heavy atom. The lowest BCUT2D eigenvalue weighted by Crippen LogP contribution is -2.87. The third-order valence-electron chi connectivity index (χ3n) is 9.71. The highest BCUT2D eigenvalue weighted by Gasteiger charge is 2.84. The molecule has 5 heteroatoms. The molecule has 0 radical (unpaired) electrons. The molecule has 156 valence electrons. The van der Waals surface area contributed by atoms with Crippen molar-refractivity contribution in [2.75, 3.05) is 20.8 Å². The molecule has 1 saturated heterocycles. The van der Waals surface area contributed by atoms with Crippen molar-refractivity contribution in [3.63, 3.8) is 0 Å². The van der Waals surface area contributed by atoms with Crippen LogP contribution in [0.1, 0.15) is 46.5 Å². The van der Waals surface area contributed by atoms with E-state index >= 15 is 0 Å². The van der Waals surface area contributed by atoms with E-state index in [1.807, 2.05) is 12.0 Å². The van der Waals surface area contributed by atoms with Crippen molar-refractivity contribution >= 4 is 5.91 Å². The fourth-order valence-electron chi connectivity index (χ4n) is 9.05. The minimum Gasteiger partial charge on any atom is -0.382 e. The number of carbonyl (C=O) groups is 1. The molecular weight excluding hydrogens is 354 g/mol. The Labute approximate surface area is 168 Å². The van der Waals surface area contributed by atoms with Crippen LogP contribution in [-0.4, -0.2) is 60.5 Å². The molecule has 10 atom stereocenters. The van der Waals surface area contributed by atoms with Crippen molar-refractivity contribution in [3.8, 4) is 0 Å². The van der Waals surface area contributed by atoms with Crippen molar-refractivity contribution in [2.45, 2.75) is 70.3 Å². The number of ether oxygens (including phenoxy) is 2. The molecule has 1 amide bonds. The van der Waals surface area contributed by atoms with Gasteiger partial charge in [-0.2, -0.15) is 0 Å². The first kappa shape index (κ1) is 19.1. The number of amides is 1. The lowest BCUT2D eigenvalue weighted by atomic mass is 9.32. The van der Waals surface area contributed by atoms with Gasteiger partial charge in [0.1, 0.15) is 5.60 Å². The molecule has 5 nitrogen and oxygen atoms in total. The van der Waals surface area contributed by atoms with Gasteiger partial charge in [-0.25, -0.2) is 0 Å². The molecular formula is C23H35NO4. The summed E-state index contributed by atoms with van der Waals surface area (Å²) in [5.41, 5.74) is -1.00. The minimum absolute atomic E-state index is 0.0361. The van der Waals surface area contributed by atoms with Crippen molar-refractivity contribution in [1.29, 1.82) is 0 Å². The number of methoxy groups -OCH3 is 2. The van der Waals surface area contributed by atoms with Crippen molar-refractivity contribution in [3.05, 3.63) is 12.2 Å². The Bertz CT molecular complexity index is 738. The number of hydrogen-bond donors (Lipinski definition) is 1. The predicted octanol–water partition coefficient (Wildman–Crippen LogP) is 2.63. The van der Waals surface area contributed by atoms with Gasteiger partial charge in [0, 0.05) is 32.1 Å². The summed E-state index contributed by atoms with van der Waals surface area (Å²) in [4.78, 5) is 15.8. The van der Waals surface area contributed by atoms with Gasteiger partial charge in [-0.1, -0.05) is 20.4 Å². The molecule has 0 unspecified atom stereocenters. The first-order chi connectivity index (χ1) is 13.2. The highest BCUT2D eigenvalue weighted by molar-refractivity contribution is 5.86. The zero-order chi connectivity index (χ0) is 20.2. The fourth-order valence-corrected chi connectivity index (χ4v) is 9.05. The Morgan fingerprint density at radius 2 is 1.93 bits per heavy atom. The van der Waals surface area contributed by atoms with Crippen LogP contribution < -0.4 is 0 Å². The molecule has 0 aromatic rings. The Balaban J connectivity index is 1.85. The van der Waals surface area contributed by atoms with Crippen LogP contribution in [-0.2, 0) is 14.3 Å². The Hall–Kier alpha value is -0.910. The van der Waals surface area contributed by atoms with Gasteiger partial charge < -0.3 is 19.5 Å². The number of likely N-dealkylation sites (tertiary alicyclic amines) is 1. The fraction of sp³-hybridized carbons (Fsp3) is 0.870. The predicted molar refractivity (Wildman–Crippen MR) is 106 cm³/mol. The van der Waals surface area contributed by atoms with E-state index in [2.05, 4.69) is 27.4 Å². The normalized spacial score (nSPS) is 56.9. The topological polar surface area (TPSA) is 59.0 Å². The molecule has 1 spiro atoms. The van der Waals surface area contributed by atoms with Crippen LogP contribution >= 0.6 is 0 Å². The van der Waals surface area contributed by atoms with Gasteiger partial charge in [-0.3, -0.25) is 4.79 Å². The van der Waals surface area contributed by atoms with Crippen LogP contribution in [0.4, 0.5) is 0 Å². The molecule has 1 aliphatic heterocycles. The lowest BCUT2D eigenvalue weighted by Gasteiger charge is -2.78. The number of carbonyl (C=O) groups excluding carboxylic acids is 1. The summed E-state index contributed by atoms with van der Waals surface area (Å²) in [6.07, 6.45) is 3.43.